The molecule has 0 aromatic rings. The highest BCUT2D eigenvalue weighted by atomic mass is 14.7. The van der Waals surface area contributed by atoms with E-state index in [1.165, 1.54) is 51.4 Å². The fraction of sp³-hybridized carbons (Fsp3) is 1.00. The number of hydrogen-bond acceptors (Lipinski definition) is 1. The zero-order valence-electron chi connectivity index (χ0n) is 10.5. The average Bonchev–Trinajstić information content (AvgIpc) is 2.73. The molecule has 0 aliphatic heterocycles. The Hall–Kier alpha value is -0.0400. The van der Waals surface area contributed by atoms with Gasteiger partial charge in [0.2, 0.25) is 0 Å². The molecule has 88 valence electrons. The lowest BCUT2D eigenvalue weighted by Gasteiger charge is -2.33. The minimum absolute atomic E-state index is 0.477. The van der Waals surface area contributed by atoms with Gasteiger partial charge in [-0.1, -0.05) is 46.0 Å². The second-order valence-corrected chi connectivity index (χ2v) is 6.54. The van der Waals surface area contributed by atoms with Crippen molar-refractivity contribution in [3.8, 4) is 0 Å². The van der Waals surface area contributed by atoms with E-state index in [0.29, 0.717) is 11.5 Å². The average molecular weight is 209 g/mol. The second kappa shape index (κ2) is 4.45. The van der Waals surface area contributed by atoms with Gasteiger partial charge < -0.3 is 5.73 Å². The van der Waals surface area contributed by atoms with E-state index < -0.39 is 0 Å². The van der Waals surface area contributed by atoms with Crippen LogP contribution in [0, 0.1) is 17.3 Å². The summed E-state index contributed by atoms with van der Waals surface area (Å²) < 4.78 is 0. The SMILES string of the molecule is CC1(C)CCCC1C(N)CC1CCCC1. The van der Waals surface area contributed by atoms with E-state index in [1.807, 2.05) is 0 Å². The van der Waals surface area contributed by atoms with Gasteiger partial charge in [0.05, 0.1) is 0 Å². The van der Waals surface area contributed by atoms with Crippen LogP contribution in [-0.2, 0) is 0 Å². The lowest BCUT2D eigenvalue weighted by Crippen LogP contribution is -2.37. The predicted octanol–water partition coefficient (Wildman–Crippen LogP) is 3.72. The van der Waals surface area contributed by atoms with Crippen molar-refractivity contribution in [3.05, 3.63) is 0 Å². The van der Waals surface area contributed by atoms with Gasteiger partial charge in [-0.25, -0.2) is 0 Å². The van der Waals surface area contributed by atoms with Gasteiger partial charge in [-0.05, 0) is 36.5 Å². The quantitative estimate of drug-likeness (QED) is 0.753. The standard InChI is InChI=1S/C14H27N/c1-14(2)9-5-8-12(14)13(15)10-11-6-3-4-7-11/h11-13H,3-10,15H2,1-2H3. The molecule has 0 aromatic carbocycles. The fourth-order valence-electron chi connectivity index (χ4n) is 3.94. The molecule has 2 saturated carbocycles. The maximum atomic E-state index is 6.43. The molecule has 2 aliphatic carbocycles. The molecule has 2 fully saturated rings. The van der Waals surface area contributed by atoms with Crippen molar-refractivity contribution in [2.75, 3.05) is 0 Å². The van der Waals surface area contributed by atoms with Crippen LogP contribution >= 0.6 is 0 Å². The number of hydrogen-bond donors (Lipinski definition) is 1. The van der Waals surface area contributed by atoms with Crippen LogP contribution in [0.15, 0.2) is 0 Å². The summed E-state index contributed by atoms with van der Waals surface area (Å²) in [4.78, 5) is 0. The van der Waals surface area contributed by atoms with Gasteiger partial charge in [0.25, 0.3) is 0 Å². The fourth-order valence-corrected chi connectivity index (χ4v) is 3.94. The van der Waals surface area contributed by atoms with Crippen molar-refractivity contribution in [3.63, 3.8) is 0 Å². The molecular weight excluding hydrogens is 182 g/mol. The van der Waals surface area contributed by atoms with Crippen LogP contribution in [0.4, 0.5) is 0 Å². The number of nitrogens with two attached hydrogens (primary N) is 1. The molecule has 0 spiro atoms. The normalized spacial score (nSPS) is 33.4. The minimum Gasteiger partial charge on any atom is -0.327 e. The maximum Gasteiger partial charge on any atom is 0.00748 e. The van der Waals surface area contributed by atoms with E-state index in [2.05, 4.69) is 13.8 Å². The molecule has 2 aliphatic rings. The van der Waals surface area contributed by atoms with Crippen molar-refractivity contribution < 1.29 is 0 Å². The van der Waals surface area contributed by atoms with E-state index >= 15 is 0 Å². The Labute approximate surface area is 94.8 Å². The Kier molecular flexibility index (Phi) is 3.39. The Morgan fingerprint density at radius 1 is 1.13 bits per heavy atom. The smallest absolute Gasteiger partial charge is 0.00748 e. The molecule has 2 rings (SSSR count). The predicted molar refractivity (Wildman–Crippen MR) is 65.7 cm³/mol. The Morgan fingerprint density at radius 3 is 2.33 bits per heavy atom. The van der Waals surface area contributed by atoms with Crippen LogP contribution in [0.3, 0.4) is 0 Å². The number of rotatable bonds is 3. The summed E-state index contributed by atoms with van der Waals surface area (Å²) >= 11 is 0. The molecule has 0 heterocycles. The molecule has 0 saturated heterocycles. The van der Waals surface area contributed by atoms with Crippen molar-refractivity contribution in [2.24, 2.45) is 23.0 Å². The first kappa shape index (κ1) is 11.4. The van der Waals surface area contributed by atoms with Crippen LogP contribution in [0.5, 0.6) is 0 Å². The first-order valence-corrected chi connectivity index (χ1v) is 6.85. The summed E-state index contributed by atoms with van der Waals surface area (Å²) in [6.07, 6.45) is 11.2. The summed E-state index contributed by atoms with van der Waals surface area (Å²) in [7, 11) is 0. The third kappa shape index (κ3) is 2.55. The summed E-state index contributed by atoms with van der Waals surface area (Å²) in [5.41, 5.74) is 6.95. The molecule has 0 radical (unpaired) electrons. The van der Waals surface area contributed by atoms with Gasteiger partial charge in [-0.2, -0.15) is 0 Å². The highest BCUT2D eigenvalue weighted by Crippen LogP contribution is 2.45. The third-order valence-electron chi connectivity index (χ3n) is 4.94. The monoisotopic (exact) mass is 209 g/mol. The molecule has 1 heteroatoms. The van der Waals surface area contributed by atoms with Gasteiger partial charge in [0.1, 0.15) is 0 Å². The van der Waals surface area contributed by atoms with Gasteiger partial charge >= 0.3 is 0 Å². The summed E-state index contributed by atoms with van der Waals surface area (Å²) in [5, 5.41) is 0. The molecule has 0 amide bonds. The van der Waals surface area contributed by atoms with Gasteiger partial charge in [-0.3, -0.25) is 0 Å². The van der Waals surface area contributed by atoms with Crippen LogP contribution < -0.4 is 5.73 Å². The van der Waals surface area contributed by atoms with Crippen molar-refractivity contribution in [1.82, 2.24) is 0 Å². The highest BCUT2D eigenvalue weighted by Gasteiger charge is 2.38. The lowest BCUT2D eigenvalue weighted by atomic mass is 9.75. The summed E-state index contributed by atoms with van der Waals surface area (Å²) in [6, 6.07) is 0.477. The van der Waals surface area contributed by atoms with Crippen LogP contribution in [0.2, 0.25) is 0 Å². The van der Waals surface area contributed by atoms with Crippen molar-refractivity contribution in [1.29, 1.82) is 0 Å². The summed E-state index contributed by atoms with van der Waals surface area (Å²) in [5.74, 6) is 1.74. The Bertz CT molecular complexity index is 203. The first-order chi connectivity index (χ1) is 7.09. The van der Waals surface area contributed by atoms with Gasteiger partial charge in [0.15, 0.2) is 0 Å². The van der Waals surface area contributed by atoms with Gasteiger partial charge in [0, 0.05) is 6.04 Å². The van der Waals surface area contributed by atoms with Crippen LogP contribution in [-0.4, -0.2) is 6.04 Å². The molecule has 2 unspecified atom stereocenters. The van der Waals surface area contributed by atoms with Crippen LogP contribution in [0.1, 0.15) is 65.2 Å². The van der Waals surface area contributed by atoms with Crippen LogP contribution in [0.25, 0.3) is 0 Å². The zero-order chi connectivity index (χ0) is 10.9. The van der Waals surface area contributed by atoms with E-state index in [0.717, 1.165) is 11.8 Å². The molecule has 2 atom stereocenters. The molecule has 1 nitrogen and oxygen atoms in total. The van der Waals surface area contributed by atoms with Gasteiger partial charge in [-0.15, -0.1) is 0 Å². The Morgan fingerprint density at radius 2 is 1.80 bits per heavy atom. The third-order valence-corrected chi connectivity index (χ3v) is 4.94. The van der Waals surface area contributed by atoms with E-state index in [1.54, 1.807) is 0 Å². The maximum absolute atomic E-state index is 6.43. The molecule has 2 N–H and O–H groups in total. The van der Waals surface area contributed by atoms with E-state index in [-0.39, 0.29) is 0 Å². The molecular formula is C14H27N. The van der Waals surface area contributed by atoms with E-state index in [9.17, 15) is 0 Å². The second-order valence-electron chi connectivity index (χ2n) is 6.54. The molecule has 0 bridgehead atoms. The van der Waals surface area contributed by atoms with E-state index in [4.69, 9.17) is 5.73 Å². The first-order valence-electron chi connectivity index (χ1n) is 6.85. The lowest BCUT2D eigenvalue weighted by molar-refractivity contribution is 0.201. The largest absolute Gasteiger partial charge is 0.327 e. The topological polar surface area (TPSA) is 26.0 Å². The minimum atomic E-state index is 0.477. The Balaban J connectivity index is 1.86. The molecule has 0 aromatic heterocycles. The molecule has 15 heavy (non-hydrogen) atoms. The van der Waals surface area contributed by atoms with Crippen molar-refractivity contribution >= 4 is 0 Å². The van der Waals surface area contributed by atoms with Crippen molar-refractivity contribution in [2.45, 2.75) is 71.3 Å². The summed E-state index contributed by atoms with van der Waals surface area (Å²) in [6.45, 7) is 4.83. The highest BCUT2D eigenvalue weighted by molar-refractivity contribution is 4.92. The zero-order valence-corrected chi connectivity index (χ0v) is 10.5.